The van der Waals surface area contributed by atoms with Gasteiger partial charge in [0, 0.05) is 0 Å². The van der Waals surface area contributed by atoms with E-state index in [1.54, 1.807) is 0 Å². The summed E-state index contributed by atoms with van der Waals surface area (Å²) in [5.74, 6) is -0.690. The third-order valence-corrected chi connectivity index (χ3v) is 13.9. The van der Waals surface area contributed by atoms with Crippen molar-refractivity contribution in [2.45, 2.75) is 326 Å². The maximum absolute atomic E-state index is 13.2. The first kappa shape index (κ1) is 62.1. The predicted octanol–water partition coefficient (Wildman–Crippen LogP) is 11.0. The van der Waals surface area contributed by atoms with E-state index in [1.165, 1.54) is 193 Å². The molecule has 0 saturated carbocycles. The number of nitrogens with one attached hydrogen (secondary N) is 1. The van der Waals surface area contributed by atoms with Gasteiger partial charge < -0.3 is 50.5 Å². The van der Waals surface area contributed by atoms with Gasteiger partial charge in [-0.3, -0.25) is 4.79 Å². The molecule has 1 rings (SSSR count). The van der Waals surface area contributed by atoms with E-state index in [0.717, 1.165) is 38.5 Å². The zero-order valence-corrected chi connectivity index (χ0v) is 42.2. The van der Waals surface area contributed by atoms with Crippen LogP contribution in [0.4, 0.5) is 0 Å². The number of aliphatic hydroxyl groups excluding tert-OH is 7. The van der Waals surface area contributed by atoms with Gasteiger partial charge in [0.25, 0.3) is 0 Å². The highest BCUT2D eigenvalue weighted by atomic mass is 16.7. The molecule has 9 atom stereocenters. The minimum atomic E-state index is -1.66. The Morgan fingerprint density at radius 1 is 0.477 bits per heavy atom. The fourth-order valence-electron chi connectivity index (χ4n) is 9.33. The topological polar surface area (TPSA) is 189 Å². The van der Waals surface area contributed by atoms with Gasteiger partial charge in [-0.1, -0.05) is 258 Å². The molecule has 1 saturated heterocycles. The van der Waals surface area contributed by atoms with Gasteiger partial charge in [-0.05, 0) is 12.8 Å². The standard InChI is InChI=1S/C54H107NO10/c1-3-5-7-9-11-13-15-17-19-21-22-23-24-26-28-30-32-34-36-38-40-42-47(58)53(63)55-45(44-64-54-52(62)51(61)50(60)48(43-56)65-54)49(59)46(57)41-39-37-35-33-31-29-27-25-20-18-16-14-12-10-8-6-4-2/h45-52,54,56-62H,3-44H2,1-2H3,(H,55,63). The summed E-state index contributed by atoms with van der Waals surface area (Å²) in [6, 6.07) is -1.16. The van der Waals surface area contributed by atoms with Crippen LogP contribution in [0.3, 0.4) is 0 Å². The van der Waals surface area contributed by atoms with Gasteiger partial charge >= 0.3 is 0 Å². The van der Waals surface area contributed by atoms with E-state index in [9.17, 15) is 40.5 Å². The average molecular weight is 930 g/mol. The number of carbonyl (C=O) groups is 1. The summed E-state index contributed by atoms with van der Waals surface area (Å²) < 4.78 is 11.1. The largest absolute Gasteiger partial charge is 0.394 e. The summed E-state index contributed by atoms with van der Waals surface area (Å²) in [6.07, 6.45) is 37.2. The lowest BCUT2D eigenvalue weighted by Crippen LogP contribution is -2.60. The molecule has 388 valence electrons. The summed E-state index contributed by atoms with van der Waals surface area (Å²) in [5.41, 5.74) is 0. The van der Waals surface area contributed by atoms with Crippen molar-refractivity contribution in [2.75, 3.05) is 13.2 Å². The summed E-state index contributed by atoms with van der Waals surface area (Å²) in [7, 11) is 0. The summed E-state index contributed by atoms with van der Waals surface area (Å²) in [4.78, 5) is 13.2. The van der Waals surface area contributed by atoms with E-state index in [1.807, 2.05) is 0 Å². The van der Waals surface area contributed by atoms with E-state index in [0.29, 0.717) is 19.3 Å². The average Bonchev–Trinajstić information content (AvgIpc) is 3.31. The summed E-state index contributed by atoms with van der Waals surface area (Å²) in [6.45, 7) is 3.49. The first-order chi connectivity index (χ1) is 31.7. The Bertz CT molecular complexity index is 1020. The molecular formula is C54H107NO10. The van der Waals surface area contributed by atoms with Crippen molar-refractivity contribution in [3.8, 4) is 0 Å². The van der Waals surface area contributed by atoms with Gasteiger partial charge in [0.2, 0.25) is 5.91 Å². The van der Waals surface area contributed by atoms with Crippen molar-refractivity contribution >= 4 is 5.91 Å². The normalized spacial score (nSPS) is 20.8. The first-order valence-corrected chi connectivity index (χ1v) is 27.9. The predicted molar refractivity (Wildman–Crippen MR) is 266 cm³/mol. The molecule has 0 spiro atoms. The third kappa shape index (κ3) is 33.3. The van der Waals surface area contributed by atoms with E-state index in [-0.39, 0.29) is 6.42 Å². The minimum Gasteiger partial charge on any atom is -0.394 e. The number of hydrogen-bond donors (Lipinski definition) is 8. The SMILES string of the molecule is CCCCCCCCCCCCCCCCCCCCCCCC(O)C(=O)NC(COC1OC(CO)C(O)C(O)C1O)C(O)C(O)CCCCCCCCCCCCCCCCCCC. The van der Waals surface area contributed by atoms with Crippen LogP contribution in [-0.4, -0.2) is 110 Å². The van der Waals surface area contributed by atoms with E-state index in [4.69, 9.17) is 9.47 Å². The second kappa shape index (κ2) is 44.3. The number of amides is 1. The highest BCUT2D eigenvalue weighted by Gasteiger charge is 2.44. The molecule has 0 bridgehead atoms. The van der Waals surface area contributed by atoms with Crippen molar-refractivity contribution in [2.24, 2.45) is 0 Å². The monoisotopic (exact) mass is 930 g/mol. The molecule has 9 unspecified atom stereocenters. The Morgan fingerprint density at radius 2 is 0.800 bits per heavy atom. The number of unbranched alkanes of at least 4 members (excludes halogenated alkanes) is 36. The lowest BCUT2D eigenvalue weighted by molar-refractivity contribution is -0.303. The number of hydrogen-bond acceptors (Lipinski definition) is 10. The first-order valence-electron chi connectivity index (χ1n) is 27.9. The summed E-state index contributed by atoms with van der Waals surface area (Å²) in [5, 5.41) is 76.1. The van der Waals surface area contributed by atoms with Crippen molar-refractivity contribution < 1.29 is 50.0 Å². The molecule has 0 aromatic rings. The molecule has 1 fully saturated rings. The second-order valence-corrected chi connectivity index (χ2v) is 20.0. The molecule has 1 aliphatic heterocycles. The van der Waals surface area contributed by atoms with Crippen LogP contribution in [0.25, 0.3) is 0 Å². The Balaban J connectivity index is 2.32. The second-order valence-electron chi connectivity index (χ2n) is 20.0. The molecule has 0 radical (unpaired) electrons. The summed E-state index contributed by atoms with van der Waals surface area (Å²) >= 11 is 0. The van der Waals surface area contributed by atoms with E-state index in [2.05, 4.69) is 19.2 Å². The van der Waals surface area contributed by atoms with Crippen molar-refractivity contribution in [1.29, 1.82) is 0 Å². The number of aliphatic hydroxyl groups is 7. The molecule has 1 heterocycles. The number of ether oxygens (including phenoxy) is 2. The minimum absolute atomic E-state index is 0.267. The lowest BCUT2D eigenvalue weighted by atomic mass is 9.98. The van der Waals surface area contributed by atoms with E-state index < -0.39 is 74.2 Å². The fourth-order valence-corrected chi connectivity index (χ4v) is 9.33. The van der Waals surface area contributed by atoms with Crippen LogP contribution in [0.1, 0.15) is 271 Å². The quantitative estimate of drug-likeness (QED) is 0.0273. The Hall–Kier alpha value is -0.890. The van der Waals surface area contributed by atoms with E-state index >= 15 is 0 Å². The molecule has 0 aromatic heterocycles. The zero-order chi connectivity index (χ0) is 47.6. The van der Waals surface area contributed by atoms with Crippen LogP contribution in [0.15, 0.2) is 0 Å². The Morgan fingerprint density at radius 3 is 1.14 bits per heavy atom. The lowest BCUT2D eigenvalue weighted by Gasteiger charge is -2.40. The van der Waals surface area contributed by atoms with Crippen LogP contribution in [0.2, 0.25) is 0 Å². The molecule has 11 heteroatoms. The maximum Gasteiger partial charge on any atom is 0.249 e. The molecule has 8 N–H and O–H groups in total. The molecule has 65 heavy (non-hydrogen) atoms. The Kier molecular flexibility index (Phi) is 42.4. The highest BCUT2D eigenvalue weighted by Crippen LogP contribution is 2.23. The van der Waals surface area contributed by atoms with Crippen LogP contribution in [-0.2, 0) is 14.3 Å². The van der Waals surface area contributed by atoms with Gasteiger partial charge in [0.1, 0.15) is 36.6 Å². The van der Waals surface area contributed by atoms with Gasteiger partial charge in [0.15, 0.2) is 6.29 Å². The van der Waals surface area contributed by atoms with Gasteiger partial charge in [-0.15, -0.1) is 0 Å². The van der Waals surface area contributed by atoms with Crippen molar-refractivity contribution in [3.63, 3.8) is 0 Å². The third-order valence-electron chi connectivity index (χ3n) is 13.9. The van der Waals surface area contributed by atoms with Gasteiger partial charge in [-0.2, -0.15) is 0 Å². The molecule has 0 aliphatic carbocycles. The molecular weight excluding hydrogens is 823 g/mol. The van der Waals surface area contributed by atoms with Gasteiger partial charge in [0.05, 0.1) is 25.4 Å². The fraction of sp³-hybridized carbons (Fsp3) is 0.981. The van der Waals surface area contributed by atoms with Crippen LogP contribution >= 0.6 is 0 Å². The molecule has 1 amide bonds. The highest BCUT2D eigenvalue weighted by molar-refractivity contribution is 5.80. The van der Waals surface area contributed by atoms with Crippen LogP contribution < -0.4 is 5.32 Å². The molecule has 11 nitrogen and oxygen atoms in total. The number of rotatable bonds is 48. The Labute approximate surface area is 399 Å². The molecule has 1 aliphatic rings. The smallest absolute Gasteiger partial charge is 0.249 e. The molecule has 0 aromatic carbocycles. The van der Waals surface area contributed by atoms with Crippen LogP contribution in [0.5, 0.6) is 0 Å². The maximum atomic E-state index is 13.2. The van der Waals surface area contributed by atoms with Crippen molar-refractivity contribution in [3.05, 3.63) is 0 Å². The van der Waals surface area contributed by atoms with Crippen molar-refractivity contribution in [1.82, 2.24) is 5.32 Å². The number of carbonyl (C=O) groups excluding carboxylic acids is 1. The van der Waals surface area contributed by atoms with Crippen LogP contribution in [0, 0.1) is 0 Å². The van der Waals surface area contributed by atoms with Gasteiger partial charge in [-0.25, -0.2) is 0 Å². The zero-order valence-electron chi connectivity index (χ0n) is 42.2.